The van der Waals surface area contributed by atoms with Crippen molar-refractivity contribution < 1.29 is 8.42 Å². The highest BCUT2D eigenvalue weighted by molar-refractivity contribution is 7.94. The summed E-state index contributed by atoms with van der Waals surface area (Å²) in [6.45, 7) is 4.56. The van der Waals surface area contributed by atoms with Crippen molar-refractivity contribution in [3.63, 3.8) is 0 Å². The van der Waals surface area contributed by atoms with Gasteiger partial charge in [-0.3, -0.25) is 0 Å². The Bertz CT molecular complexity index is 374. The van der Waals surface area contributed by atoms with Crippen molar-refractivity contribution in [2.24, 2.45) is 11.8 Å². The van der Waals surface area contributed by atoms with Crippen molar-refractivity contribution in [3.05, 3.63) is 11.5 Å². The Kier molecular flexibility index (Phi) is 3.40. The van der Waals surface area contributed by atoms with Crippen molar-refractivity contribution in [3.8, 4) is 0 Å². The lowest BCUT2D eigenvalue weighted by Crippen LogP contribution is -2.46. The van der Waals surface area contributed by atoms with E-state index < -0.39 is 9.84 Å². The largest absolute Gasteiger partial charge is 0.306 e. The van der Waals surface area contributed by atoms with Gasteiger partial charge in [0.2, 0.25) is 0 Å². The van der Waals surface area contributed by atoms with Gasteiger partial charge in [-0.05, 0) is 18.3 Å². The van der Waals surface area contributed by atoms with Crippen molar-refractivity contribution in [2.45, 2.75) is 45.2 Å². The van der Waals surface area contributed by atoms with Crippen molar-refractivity contribution in [2.75, 3.05) is 5.75 Å². The molecule has 0 aromatic heterocycles. The van der Waals surface area contributed by atoms with Crippen molar-refractivity contribution >= 4 is 9.84 Å². The van der Waals surface area contributed by atoms with Crippen LogP contribution in [0.5, 0.6) is 0 Å². The Balaban J connectivity index is 1.93. The average molecular weight is 243 g/mol. The number of hydrogen-bond acceptors (Lipinski definition) is 3. The predicted octanol–water partition coefficient (Wildman–Crippen LogP) is 1.71. The molecule has 0 spiro atoms. The van der Waals surface area contributed by atoms with Crippen LogP contribution in [0.3, 0.4) is 0 Å². The van der Waals surface area contributed by atoms with Crippen LogP contribution >= 0.6 is 0 Å². The Morgan fingerprint density at radius 3 is 2.62 bits per heavy atom. The zero-order valence-corrected chi connectivity index (χ0v) is 10.8. The molecular formula is C12H21NO2S. The first kappa shape index (κ1) is 12.1. The lowest BCUT2D eigenvalue weighted by atomic mass is 9.78. The third-order valence-corrected chi connectivity index (χ3v) is 5.46. The Hall–Kier alpha value is -0.350. The lowest BCUT2D eigenvalue weighted by Gasteiger charge is -2.36. The Labute approximate surface area is 98.2 Å². The van der Waals surface area contributed by atoms with Gasteiger partial charge in [-0.25, -0.2) is 8.42 Å². The van der Waals surface area contributed by atoms with Crippen LogP contribution in [-0.2, 0) is 9.84 Å². The molecule has 3 nitrogen and oxygen atoms in total. The van der Waals surface area contributed by atoms with Gasteiger partial charge >= 0.3 is 0 Å². The molecule has 4 atom stereocenters. The van der Waals surface area contributed by atoms with Crippen molar-refractivity contribution in [1.82, 2.24) is 5.32 Å². The first-order chi connectivity index (χ1) is 7.48. The van der Waals surface area contributed by atoms with E-state index in [2.05, 4.69) is 19.2 Å². The van der Waals surface area contributed by atoms with Crippen LogP contribution in [-0.4, -0.2) is 26.3 Å². The van der Waals surface area contributed by atoms with Crippen LogP contribution in [0.15, 0.2) is 11.5 Å². The molecule has 0 bridgehead atoms. The minimum Gasteiger partial charge on any atom is -0.306 e. The van der Waals surface area contributed by atoms with Crippen molar-refractivity contribution in [1.29, 1.82) is 0 Å². The maximum atomic E-state index is 11.3. The molecule has 0 radical (unpaired) electrons. The summed E-state index contributed by atoms with van der Waals surface area (Å²) in [5.74, 6) is 1.63. The number of sulfone groups is 1. The van der Waals surface area contributed by atoms with Crippen LogP contribution in [0.1, 0.15) is 33.1 Å². The minimum atomic E-state index is -2.92. The molecule has 1 fully saturated rings. The van der Waals surface area contributed by atoms with E-state index in [0.717, 1.165) is 5.92 Å². The topological polar surface area (TPSA) is 46.2 Å². The summed E-state index contributed by atoms with van der Waals surface area (Å²) < 4.78 is 22.6. The summed E-state index contributed by atoms with van der Waals surface area (Å²) in [5.41, 5.74) is 0. The maximum absolute atomic E-state index is 11.3. The number of hydrogen-bond donors (Lipinski definition) is 1. The first-order valence-electron chi connectivity index (χ1n) is 6.15. The highest BCUT2D eigenvalue weighted by atomic mass is 32.2. The van der Waals surface area contributed by atoms with E-state index in [9.17, 15) is 8.42 Å². The highest BCUT2D eigenvalue weighted by Crippen LogP contribution is 2.30. The quantitative estimate of drug-likeness (QED) is 0.803. The van der Waals surface area contributed by atoms with Gasteiger partial charge in [-0.1, -0.05) is 32.8 Å². The normalized spacial score (nSPS) is 42.4. The summed E-state index contributed by atoms with van der Waals surface area (Å²) in [6, 6.07) is 0.509. The summed E-state index contributed by atoms with van der Waals surface area (Å²) in [7, 11) is -2.92. The van der Waals surface area contributed by atoms with Gasteiger partial charge in [0.05, 0.1) is 5.75 Å². The van der Waals surface area contributed by atoms with Gasteiger partial charge in [0, 0.05) is 17.5 Å². The van der Waals surface area contributed by atoms with E-state index in [1.165, 1.54) is 24.7 Å². The second-order valence-electron chi connectivity index (χ2n) is 5.31. The van der Waals surface area contributed by atoms with E-state index in [0.29, 0.717) is 12.0 Å². The molecular weight excluding hydrogens is 222 g/mol. The summed E-state index contributed by atoms with van der Waals surface area (Å²) >= 11 is 0. The second kappa shape index (κ2) is 4.49. The van der Waals surface area contributed by atoms with Gasteiger partial charge in [0.15, 0.2) is 9.84 Å². The average Bonchev–Trinajstić information content (AvgIpc) is 2.53. The fraction of sp³-hybridized carbons (Fsp3) is 0.833. The molecule has 4 heteroatoms. The smallest absolute Gasteiger partial charge is 0.173 e. The Morgan fingerprint density at radius 1 is 1.25 bits per heavy atom. The molecule has 0 amide bonds. The summed E-state index contributed by atoms with van der Waals surface area (Å²) in [5, 5.41) is 4.84. The van der Waals surface area contributed by atoms with Crippen LogP contribution < -0.4 is 5.32 Å². The highest BCUT2D eigenvalue weighted by Gasteiger charge is 2.30. The molecule has 1 saturated carbocycles. The molecule has 0 aromatic carbocycles. The third-order valence-electron chi connectivity index (χ3n) is 4.07. The second-order valence-corrected chi connectivity index (χ2v) is 7.24. The molecule has 2 rings (SSSR count). The molecule has 92 valence electrons. The van der Waals surface area contributed by atoms with E-state index in [1.807, 2.05) is 0 Å². The SMILES string of the molecule is CC1CCCC(NC2C=CS(=O)(=O)C2)C1C. The molecule has 2 aliphatic rings. The molecule has 1 aliphatic carbocycles. The Morgan fingerprint density at radius 2 is 2.00 bits per heavy atom. The molecule has 1 heterocycles. The van der Waals surface area contributed by atoms with Crippen LogP contribution in [0.4, 0.5) is 0 Å². The van der Waals surface area contributed by atoms with E-state index in [4.69, 9.17) is 0 Å². The first-order valence-corrected chi connectivity index (χ1v) is 7.86. The van der Waals surface area contributed by atoms with E-state index >= 15 is 0 Å². The molecule has 1 N–H and O–H groups in total. The number of rotatable bonds is 2. The van der Waals surface area contributed by atoms with Crippen LogP contribution in [0.2, 0.25) is 0 Å². The summed E-state index contributed by atoms with van der Waals surface area (Å²) in [6.07, 6.45) is 5.53. The zero-order chi connectivity index (χ0) is 11.8. The van der Waals surface area contributed by atoms with Gasteiger partial charge in [-0.15, -0.1) is 0 Å². The number of nitrogens with one attached hydrogen (secondary N) is 1. The van der Waals surface area contributed by atoms with Crippen LogP contribution in [0, 0.1) is 11.8 Å². The van der Waals surface area contributed by atoms with Gasteiger partial charge in [0.25, 0.3) is 0 Å². The van der Waals surface area contributed by atoms with Crippen LogP contribution in [0.25, 0.3) is 0 Å². The lowest BCUT2D eigenvalue weighted by molar-refractivity contribution is 0.202. The molecule has 16 heavy (non-hydrogen) atoms. The van der Waals surface area contributed by atoms with Gasteiger partial charge in [0.1, 0.15) is 0 Å². The fourth-order valence-electron chi connectivity index (χ4n) is 2.77. The van der Waals surface area contributed by atoms with E-state index in [-0.39, 0.29) is 11.8 Å². The molecule has 4 unspecified atom stereocenters. The molecule has 0 aromatic rings. The van der Waals surface area contributed by atoms with Gasteiger partial charge < -0.3 is 5.32 Å². The fourth-order valence-corrected chi connectivity index (χ4v) is 4.02. The summed E-state index contributed by atoms with van der Waals surface area (Å²) in [4.78, 5) is 0. The third kappa shape index (κ3) is 2.66. The zero-order valence-electron chi connectivity index (χ0n) is 10.0. The maximum Gasteiger partial charge on any atom is 0.173 e. The predicted molar refractivity (Wildman–Crippen MR) is 65.8 cm³/mol. The van der Waals surface area contributed by atoms with E-state index in [1.54, 1.807) is 6.08 Å². The molecule has 0 saturated heterocycles. The monoisotopic (exact) mass is 243 g/mol. The van der Waals surface area contributed by atoms with Gasteiger partial charge in [-0.2, -0.15) is 0 Å². The molecule has 1 aliphatic heterocycles. The standard InChI is InChI=1S/C12H21NO2S/c1-9-4-3-5-12(10(9)2)13-11-6-7-16(14,15)8-11/h6-7,9-13H,3-5,8H2,1-2H3. The minimum absolute atomic E-state index is 0.0303.